The molecule has 8 rings (SSSR count). The van der Waals surface area contributed by atoms with Gasteiger partial charge in [-0.05, 0) is 66.8 Å². The van der Waals surface area contributed by atoms with Crippen LogP contribution in [0.25, 0.3) is 22.0 Å². The van der Waals surface area contributed by atoms with Crippen LogP contribution in [-0.2, 0) is 40.3 Å². The van der Waals surface area contributed by atoms with Crippen LogP contribution < -0.4 is 4.74 Å². The lowest BCUT2D eigenvalue weighted by Crippen LogP contribution is -2.45. The first-order valence-corrected chi connectivity index (χ1v) is 20.5. The third-order valence-corrected chi connectivity index (χ3v) is 12.2. The Bertz CT molecular complexity index is 2330. The first kappa shape index (κ1) is 37.8. The maximum atomic E-state index is 13.9. The van der Waals surface area contributed by atoms with Gasteiger partial charge < -0.3 is 18.8 Å². The normalized spacial score (nSPS) is 18.2. The highest BCUT2D eigenvalue weighted by atomic mass is 35.5. The molecule has 2 aliphatic heterocycles. The van der Waals surface area contributed by atoms with Gasteiger partial charge in [-0.15, -0.1) is 11.8 Å². The van der Waals surface area contributed by atoms with E-state index < -0.39 is 24.3 Å². The van der Waals surface area contributed by atoms with Crippen LogP contribution in [0.2, 0.25) is 5.02 Å². The molecule has 286 valence electrons. The minimum absolute atomic E-state index is 0.297. The summed E-state index contributed by atoms with van der Waals surface area (Å²) in [5.41, 5.74) is 8.50. The number of thioether (sulfide) groups is 1. The molecule has 8 nitrogen and oxygen atoms in total. The van der Waals surface area contributed by atoms with Crippen LogP contribution in [0.15, 0.2) is 120 Å². The molecule has 0 N–H and O–H groups in total. The minimum atomic E-state index is -0.789. The highest BCUT2D eigenvalue weighted by molar-refractivity contribution is 8.00. The smallest absolute Gasteiger partial charge is 0.417 e. The number of imide groups is 1. The topological polar surface area (TPSA) is 82.9 Å². The van der Waals surface area contributed by atoms with Gasteiger partial charge in [-0.2, -0.15) is 0 Å². The maximum Gasteiger partial charge on any atom is 0.417 e. The van der Waals surface area contributed by atoms with Crippen molar-refractivity contribution in [2.75, 3.05) is 6.61 Å². The Labute approximate surface area is 336 Å². The summed E-state index contributed by atoms with van der Waals surface area (Å²) in [5.74, 6) is 0.492. The second kappa shape index (κ2) is 16.6. The molecule has 0 saturated carbocycles. The van der Waals surface area contributed by atoms with E-state index in [0.29, 0.717) is 42.9 Å². The van der Waals surface area contributed by atoms with Gasteiger partial charge in [0.05, 0.1) is 23.9 Å². The summed E-state index contributed by atoms with van der Waals surface area (Å²) in [4.78, 5) is 34.1. The Morgan fingerprint density at radius 3 is 2.41 bits per heavy atom. The Kier molecular flexibility index (Phi) is 11.2. The summed E-state index contributed by atoms with van der Waals surface area (Å²) < 4.78 is 21.0. The van der Waals surface area contributed by atoms with Crippen molar-refractivity contribution in [3.05, 3.63) is 148 Å². The van der Waals surface area contributed by atoms with Gasteiger partial charge in [0.2, 0.25) is 0 Å². The molecule has 2 aromatic heterocycles. The van der Waals surface area contributed by atoms with E-state index in [4.69, 9.17) is 30.8 Å². The van der Waals surface area contributed by atoms with Crippen LogP contribution in [0.4, 0.5) is 4.79 Å². The monoisotopic (exact) mass is 785 g/mol. The third kappa shape index (κ3) is 7.68. The summed E-state index contributed by atoms with van der Waals surface area (Å²) in [6.07, 6.45) is 1.81. The van der Waals surface area contributed by atoms with E-state index >= 15 is 0 Å². The lowest BCUT2D eigenvalue weighted by atomic mass is 10.0. The molecule has 0 aliphatic carbocycles. The van der Waals surface area contributed by atoms with E-state index in [0.717, 1.165) is 51.3 Å². The second-order valence-electron chi connectivity index (χ2n) is 14.4. The van der Waals surface area contributed by atoms with Gasteiger partial charge >= 0.3 is 6.09 Å². The lowest BCUT2D eigenvalue weighted by molar-refractivity contribution is -0.141. The lowest BCUT2D eigenvalue weighted by Gasteiger charge is -2.24. The number of halogens is 1. The Hall–Kier alpha value is -5.09. The summed E-state index contributed by atoms with van der Waals surface area (Å²) in [5, 5.41) is 2.21. The fourth-order valence-corrected chi connectivity index (χ4v) is 9.30. The Morgan fingerprint density at radius 2 is 1.70 bits per heavy atom. The number of carbonyl (C=O) groups is 2. The van der Waals surface area contributed by atoms with Crippen molar-refractivity contribution in [2.45, 2.75) is 81.6 Å². The number of rotatable bonds is 13. The summed E-state index contributed by atoms with van der Waals surface area (Å²) in [6, 6.07) is 35.6. The molecule has 2 aliphatic rings. The summed E-state index contributed by atoms with van der Waals surface area (Å²) in [7, 11) is 0. The number of hydrogen-bond donors (Lipinski definition) is 0. The molecule has 56 heavy (non-hydrogen) atoms. The molecule has 4 heterocycles. The van der Waals surface area contributed by atoms with Gasteiger partial charge in [0.25, 0.3) is 5.91 Å². The van der Waals surface area contributed by atoms with Gasteiger partial charge in [-0.3, -0.25) is 9.78 Å². The van der Waals surface area contributed by atoms with Gasteiger partial charge in [0, 0.05) is 56.5 Å². The molecule has 0 spiro atoms. The zero-order valence-electron chi connectivity index (χ0n) is 31.7. The van der Waals surface area contributed by atoms with E-state index in [1.165, 1.54) is 20.7 Å². The number of benzene rings is 4. The average Bonchev–Trinajstić information content (AvgIpc) is 3.69. The Morgan fingerprint density at radius 1 is 0.946 bits per heavy atom. The number of pyridine rings is 1. The van der Waals surface area contributed by atoms with Crippen molar-refractivity contribution < 1.29 is 23.8 Å². The zero-order valence-corrected chi connectivity index (χ0v) is 33.3. The van der Waals surface area contributed by atoms with E-state index in [-0.39, 0.29) is 5.91 Å². The Balaban J connectivity index is 1.05. The number of nitrogens with zero attached hydrogens (tertiary/aromatic N) is 3. The van der Waals surface area contributed by atoms with Gasteiger partial charge in [-0.1, -0.05) is 104 Å². The predicted molar refractivity (Wildman–Crippen MR) is 221 cm³/mol. The molecular weight excluding hydrogens is 742 g/mol. The fraction of sp³-hybridized carbons (Fsp3) is 0.283. The van der Waals surface area contributed by atoms with Crippen molar-refractivity contribution in [3.63, 3.8) is 0 Å². The number of cyclic esters (lactones) is 1. The van der Waals surface area contributed by atoms with E-state index in [1.54, 1.807) is 0 Å². The largest absolute Gasteiger partial charge is 0.487 e. The molecule has 1 saturated heterocycles. The minimum Gasteiger partial charge on any atom is -0.487 e. The number of carbonyl (C=O) groups excluding carboxylic acids is 2. The average molecular weight is 786 g/mol. The number of aromatic nitrogens is 2. The molecule has 0 unspecified atom stereocenters. The molecule has 4 aromatic carbocycles. The van der Waals surface area contributed by atoms with Crippen LogP contribution in [0.1, 0.15) is 61.4 Å². The van der Waals surface area contributed by atoms with Crippen molar-refractivity contribution in [1.82, 2.24) is 14.5 Å². The predicted octanol–water partition coefficient (Wildman–Crippen LogP) is 10.5. The fourth-order valence-electron chi connectivity index (χ4n) is 7.83. The molecular formula is C46H44ClN3O5S. The van der Waals surface area contributed by atoms with Crippen molar-refractivity contribution in [2.24, 2.45) is 0 Å². The molecule has 4 atom stereocenters. The molecule has 0 radical (unpaired) electrons. The van der Waals surface area contributed by atoms with Crippen LogP contribution >= 0.6 is 23.4 Å². The zero-order chi connectivity index (χ0) is 38.8. The number of amides is 2. The van der Waals surface area contributed by atoms with Gasteiger partial charge in [-0.25, -0.2) is 9.69 Å². The van der Waals surface area contributed by atoms with Crippen molar-refractivity contribution in [1.29, 1.82) is 0 Å². The highest BCUT2D eigenvalue weighted by Crippen LogP contribution is 2.47. The van der Waals surface area contributed by atoms with E-state index in [2.05, 4.69) is 54.0 Å². The quantitative estimate of drug-likeness (QED) is 0.115. The third-order valence-electron chi connectivity index (χ3n) is 10.7. The van der Waals surface area contributed by atoms with Gasteiger partial charge in [0.1, 0.15) is 24.6 Å². The van der Waals surface area contributed by atoms with Crippen LogP contribution in [-0.4, -0.2) is 50.5 Å². The highest BCUT2D eigenvalue weighted by Gasteiger charge is 2.45. The van der Waals surface area contributed by atoms with Crippen molar-refractivity contribution >= 4 is 46.3 Å². The van der Waals surface area contributed by atoms with Crippen molar-refractivity contribution in [3.8, 4) is 16.9 Å². The molecule has 6 aromatic rings. The van der Waals surface area contributed by atoms with E-state index in [1.807, 2.05) is 98.5 Å². The van der Waals surface area contributed by atoms with Crippen LogP contribution in [0.5, 0.6) is 5.75 Å². The molecule has 0 bridgehead atoms. The van der Waals surface area contributed by atoms with Crippen LogP contribution in [0, 0.1) is 0 Å². The SMILES string of the molecule is CC[C@@H](OCCc1c2c3c(c(OCc4ccc(-c5ccccc5)cn4)ccc3n1Cc1ccc(Cl)cc1)C[C@H](C)S2)C(=O)N1C(=O)O[C@H](c2ccccc2)[C@@H]1C. The van der Waals surface area contributed by atoms with Crippen LogP contribution in [0.3, 0.4) is 0 Å². The standard InChI is InChI=1S/C46H44ClN3O5S/c1-4-40(45(51)50-30(3)43(55-46(50)52)33-13-9-6-10-14-33)53-24-23-39-44-42-37(25-29(2)56-44)41(22-21-38(42)49(39)27-31-15-18-35(47)19-16-31)54-28-36-20-17-34(26-48-36)32-11-7-5-8-12-32/h5-22,26,29-30,40,43H,4,23-25,27-28H2,1-3H3/t29-,30-,40+,43-/m0/s1. The molecule has 10 heteroatoms. The summed E-state index contributed by atoms with van der Waals surface area (Å²) >= 11 is 8.15. The number of hydrogen-bond acceptors (Lipinski definition) is 7. The second-order valence-corrected chi connectivity index (χ2v) is 16.3. The summed E-state index contributed by atoms with van der Waals surface area (Å²) in [6.45, 7) is 7.30. The molecule has 1 fully saturated rings. The first-order valence-electron chi connectivity index (χ1n) is 19.2. The first-order chi connectivity index (χ1) is 27.3. The van der Waals surface area contributed by atoms with Gasteiger partial charge in [0.15, 0.2) is 0 Å². The van der Waals surface area contributed by atoms with E-state index in [9.17, 15) is 9.59 Å². The molecule has 2 amide bonds. The number of ether oxygens (including phenoxy) is 3. The maximum absolute atomic E-state index is 13.9.